The Bertz CT molecular complexity index is 569. The van der Waals surface area contributed by atoms with Crippen LogP contribution in [0, 0.1) is 0 Å². The van der Waals surface area contributed by atoms with Gasteiger partial charge in [-0.3, -0.25) is 9.78 Å². The van der Waals surface area contributed by atoms with Crippen molar-refractivity contribution >= 4 is 24.6 Å². The first kappa shape index (κ1) is 16.7. The molecule has 1 aromatic rings. The van der Waals surface area contributed by atoms with E-state index in [0.717, 1.165) is 11.0 Å². The molecule has 118 valence electrons. The zero-order valence-corrected chi connectivity index (χ0v) is 13.8. The Morgan fingerprint density at radius 2 is 1.91 bits per heavy atom. The molecule has 1 aliphatic rings. The fourth-order valence-corrected chi connectivity index (χ4v) is 2.07. The van der Waals surface area contributed by atoms with E-state index in [2.05, 4.69) is 10.3 Å². The van der Waals surface area contributed by atoms with Gasteiger partial charge in [0.05, 0.1) is 11.2 Å². The summed E-state index contributed by atoms with van der Waals surface area (Å²) in [5.74, 6) is -0.0475. The molecule has 2 rings (SSSR count). The van der Waals surface area contributed by atoms with E-state index in [1.807, 2.05) is 45.9 Å². The second-order valence-electron chi connectivity index (χ2n) is 6.48. The summed E-state index contributed by atoms with van der Waals surface area (Å²) in [6.45, 7) is 10.1. The highest BCUT2D eigenvalue weighted by molar-refractivity contribution is 6.62. The third-order valence-electron chi connectivity index (χ3n) is 4.09. The van der Waals surface area contributed by atoms with Gasteiger partial charge in [0.2, 0.25) is 5.91 Å². The lowest BCUT2D eigenvalue weighted by Gasteiger charge is -2.32. The summed E-state index contributed by atoms with van der Waals surface area (Å²) in [6.07, 6.45) is 7.32. The van der Waals surface area contributed by atoms with Crippen LogP contribution in [0.3, 0.4) is 0 Å². The molecule has 0 saturated carbocycles. The Morgan fingerprint density at radius 1 is 1.27 bits per heavy atom. The van der Waals surface area contributed by atoms with Gasteiger partial charge in [0.1, 0.15) is 0 Å². The first-order valence-electron chi connectivity index (χ1n) is 7.43. The maximum Gasteiger partial charge on any atom is 0.496 e. The van der Waals surface area contributed by atoms with Gasteiger partial charge in [-0.2, -0.15) is 0 Å². The van der Waals surface area contributed by atoms with Crippen LogP contribution in [0.5, 0.6) is 0 Å². The van der Waals surface area contributed by atoms with Gasteiger partial charge in [-0.1, -0.05) is 18.2 Å². The Hall–Kier alpha value is -1.66. The highest BCUT2D eigenvalue weighted by Crippen LogP contribution is 2.36. The quantitative estimate of drug-likeness (QED) is 0.857. The van der Waals surface area contributed by atoms with Gasteiger partial charge < -0.3 is 14.6 Å². The maximum absolute atomic E-state index is 10.8. The molecule has 6 heteroatoms. The summed E-state index contributed by atoms with van der Waals surface area (Å²) in [5, 5.41) is 2.71. The van der Waals surface area contributed by atoms with Crippen LogP contribution < -0.4 is 10.8 Å². The molecule has 1 amide bonds. The van der Waals surface area contributed by atoms with E-state index in [4.69, 9.17) is 9.31 Å². The van der Waals surface area contributed by atoms with Gasteiger partial charge in [-0.05, 0) is 33.3 Å². The van der Waals surface area contributed by atoms with Crippen molar-refractivity contribution < 1.29 is 14.1 Å². The summed E-state index contributed by atoms with van der Waals surface area (Å²) < 4.78 is 12.0. The lowest BCUT2D eigenvalue weighted by atomic mass is 9.80. The number of aromatic nitrogens is 1. The van der Waals surface area contributed by atoms with Crippen molar-refractivity contribution in [2.24, 2.45) is 0 Å². The number of hydrogen-bond donors (Lipinski definition) is 1. The average Bonchev–Trinajstić information content (AvgIpc) is 2.64. The standard InChI is InChI=1S/C16H23BN2O3/c1-12(20)19-8-6-7-13-9-14(11-18-10-13)17-21-15(2,3)16(4,5)22-17/h6-7,9-11H,8H2,1-5H3,(H,19,20). The molecule has 0 atom stereocenters. The van der Waals surface area contributed by atoms with Gasteiger partial charge >= 0.3 is 7.12 Å². The normalized spacial score (nSPS) is 19.6. The van der Waals surface area contributed by atoms with Crippen molar-refractivity contribution in [2.75, 3.05) is 6.54 Å². The van der Waals surface area contributed by atoms with E-state index in [0.29, 0.717) is 6.54 Å². The highest BCUT2D eigenvalue weighted by atomic mass is 16.7. The summed E-state index contributed by atoms with van der Waals surface area (Å²) in [5.41, 5.74) is 1.10. The van der Waals surface area contributed by atoms with Crippen LogP contribution >= 0.6 is 0 Å². The first-order chi connectivity index (χ1) is 10.2. The zero-order valence-electron chi connectivity index (χ0n) is 13.8. The summed E-state index contributed by atoms with van der Waals surface area (Å²) >= 11 is 0. The molecule has 1 aliphatic heterocycles. The molecule has 0 bridgehead atoms. The van der Waals surface area contributed by atoms with Gasteiger partial charge in [0.25, 0.3) is 0 Å². The smallest absolute Gasteiger partial charge is 0.399 e. The molecule has 2 heterocycles. The largest absolute Gasteiger partial charge is 0.496 e. The third-order valence-corrected chi connectivity index (χ3v) is 4.09. The number of nitrogens with one attached hydrogen (secondary N) is 1. The lowest BCUT2D eigenvalue weighted by Crippen LogP contribution is -2.41. The fraction of sp³-hybridized carbons (Fsp3) is 0.500. The van der Waals surface area contributed by atoms with E-state index in [1.54, 1.807) is 12.4 Å². The van der Waals surface area contributed by atoms with Gasteiger partial charge in [-0.15, -0.1) is 0 Å². The van der Waals surface area contributed by atoms with E-state index >= 15 is 0 Å². The highest BCUT2D eigenvalue weighted by Gasteiger charge is 2.51. The van der Waals surface area contributed by atoms with E-state index in [9.17, 15) is 4.79 Å². The molecule has 1 fully saturated rings. The van der Waals surface area contributed by atoms with Crippen molar-refractivity contribution in [2.45, 2.75) is 45.8 Å². The topological polar surface area (TPSA) is 60.5 Å². The van der Waals surface area contributed by atoms with Crippen LogP contribution in [0.4, 0.5) is 0 Å². The molecular formula is C16H23BN2O3. The van der Waals surface area contributed by atoms with E-state index in [-0.39, 0.29) is 17.1 Å². The minimum absolute atomic E-state index is 0.0475. The molecule has 0 spiro atoms. The van der Waals surface area contributed by atoms with Crippen LogP contribution in [-0.2, 0) is 14.1 Å². The third kappa shape index (κ3) is 3.75. The number of nitrogens with zero attached hydrogens (tertiary/aromatic N) is 1. The number of pyridine rings is 1. The van der Waals surface area contributed by atoms with Crippen LogP contribution in [0.15, 0.2) is 24.5 Å². The first-order valence-corrected chi connectivity index (χ1v) is 7.43. The van der Waals surface area contributed by atoms with Crippen molar-refractivity contribution in [1.82, 2.24) is 10.3 Å². The number of amides is 1. The van der Waals surface area contributed by atoms with Gasteiger partial charge in [0, 0.05) is 31.3 Å². The molecule has 22 heavy (non-hydrogen) atoms. The Morgan fingerprint density at radius 3 is 2.50 bits per heavy atom. The Balaban J connectivity index is 2.08. The zero-order chi connectivity index (χ0) is 16.4. The number of carbonyl (C=O) groups excluding carboxylic acids is 1. The number of carbonyl (C=O) groups is 1. The molecular weight excluding hydrogens is 279 g/mol. The summed E-state index contributed by atoms with van der Waals surface area (Å²) in [7, 11) is -0.416. The van der Waals surface area contributed by atoms with Crippen molar-refractivity contribution in [3.63, 3.8) is 0 Å². The summed E-state index contributed by atoms with van der Waals surface area (Å²) in [4.78, 5) is 15.1. The predicted molar refractivity (Wildman–Crippen MR) is 87.7 cm³/mol. The number of rotatable bonds is 4. The predicted octanol–water partition coefficient (Wildman–Crippen LogP) is 1.53. The van der Waals surface area contributed by atoms with Gasteiger partial charge in [-0.25, -0.2) is 0 Å². The minimum atomic E-state index is -0.416. The van der Waals surface area contributed by atoms with Crippen LogP contribution in [-0.4, -0.2) is 35.8 Å². The van der Waals surface area contributed by atoms with E-state index < -0.39 is 7.12 Å². The maximum atomic E-state index is 10.8. The molecule has 0 unspecified atom stereocenters. The van der Waals surface area contributed by atoms with Crippen molar-refractivity contribution in [3.8, 4) is 0 Å². The second-order valence-corrected chi connectivity index (χ2v) is 6.48. The van der Waals surface area contributed by atoms with Crippen LogP contribution in [0.2, 0.25) is 0 Å². The van der Waals surface area contributed by atoms with Crippen molar-refractivity contribution in [3.05, 3.63) is 30.1 Å². The molecule has 0 radical (unpaired) electrons. The SMILES string of the molecule is CC(=O)NCC=Cc1cncc(B2OC(C)(C)C(C)(C)O2)c1. The Labute approximate surface area is 132 Å². The molecule has 1 saturated heterocycles. The molecule has 1 aromatic heterocycles. The second kappa shape index (κ2) is 6.22. The molecule has 5 nitrogen and oxygen atoms in total. The van der Waals surface area contributed by atoms with E-state index in [1.165, 1.54) is 6.92 Å². The molecule has 0 aromatic carbocycles. The Kier molecular flexibility index (Phi) is 4.73. The molecule has 1 N–H and O–H groups in total. The van der Waals surface area contributed by atoms with Crippen molar-refractivity contribution in [1.29, 1.82) is 0 Å². The fourth-order valence-electron chi connectivity index (χ4n) is 2.07. The average molecular weight is 302 g/mol. The summed E-state index contributed by atoms with van der Waals surface area (Å²) in [6, 6.07) is 1.99. The van der Waals surface area contributed by atoms with Crippen LogP contribution in [0.25, 0.3) is 6.08 Å². The molecule has 0 aliphatic carbocycles. The monoisotopic (exact) mass is 302 g/mol. The number of hydrogen-bond acceptors (Lipinski definition) is 4. The lowest BCUT2D eigenvalue weighted by molar-refractivity contribution is -0.118. The van der Waals surface area contributed by atoms with Crippen LogP contribution in [0.1, 0.15) is 40.2 Å². The van der Waals surface area contributed by atoms with Gasteiger partial charge in [0.15, 0.2) is 0 Å². The minimum Gasteiger partial charge on any atom is -0.399 e.